The predicted molar refractivity (Wildman–Crippen MR) is 132 cm³/mol. The van der Waals surface area contributed by atoms with Gasteiger partial charge < -0.3 is 24.2 Å². The average molecular weight is 506 g/mol. The van der Waals surface area contributed by atoms with Crippen LogP contribution in [0.1, 0.15) is 16.8 Å². The third-order valence-electron chi connectivity index (χ3n) is 6.27. The van der Waals surface area contributed by atoms with Crippen LogP contribution < -0.4 is 4.74 Å². The third kappa shape index (κ3) is 6.02. The Bertz CT molecular complexity index is 1030. The van der Waals surface area contributed by atoms with Gasteiger partial charge in [0.1, 0.15) is 18.0 Å². The molecule has 0 aromatic heterocycles. The van der Waals surface area contributed by atoms with Crippen molar-refractivity contribution >= 4 is 35.0 Å². The Hall–Kier alpha value is -2.32. The first kappa shape index (κ1) is 24.8. The predicted octanol–water partition coefficient (Wildman–Crippen LogP) is 3.45. The SMILES string of the molecule is CN1CCN(C(=O)CC2(COc3cccc(Cl)c3)CN(C(=O)c3ccccc3Cl)CCO2)CC1. The standard InChI is InChI=1S/C25H29Cl2N3O4/c1-28-9-11-29(12-10-28)23(31)16-25(18-33-20-6-4-5-19(26)15-20)17-30(13-14-34-25)24(32)21-7-2-3-8-22(21)27/h2-8,15H,9-14,16-18H2,1H3. The van der Waals surface area contributed by atoms with Gasteiger partial charge in [0.25, 0.3) is 5.91 Å². The lowest BCUT2D eigenvalue weighted by molar-refractivity contribution is -0.154. The summed E-state index contributed by atoms with van der Waals surface area (Å²) in [6, 6.07) is 14.1. The highest BCUT2D eigenvalue weighted by Crippen LogP contribution is 2.28. The number of hydrogen-bond donors (Lipinski definition) is 0. The van der Waals surface area contributed by atoms with E-state index in [1.807, 2.05) is 11.9 Å². The second kappa shape index (κ2) is 11.0. The van der Waals surface area contributed by atoms with Crippen LogP contribution in [0.15, 0.2) is 48.5 Å². The molecule has 2 aromatic carbocycles. The summed E-state index contributed by atoms with van der Waals surface area (Å²) in [5.41, 5.74) is -0.557. The van der Waals surface area contributed by atoms with Crippen molar-refractivity contribution in [2.45, 2.75) is 12.0 Å². The van der Waals surface area contributed by atoms with Crippen molar-refractivity contribution < 1.29 is 19.1 Å². The van der Waals surface area contributed by atoms with Crippen molar-refractivity contribution in [3.63, 3.8) is 0 Å². The van der Waals surface area contributed by atoms with E-state index < -0.39 is 5.60 Å². The maximum absolute atomic E-state index is 13.3. The molecule has 0 N–H and O–H groups in total. The van der Waals surface area contributed by atoms with Crippen LogP contribution in [-0.4, -0.2) is 91.6 Å². The van der Waals surface area contributed by atoms with Gasteiger partial charge in [-0.15, -0.1) is 0 Å². The van der Waals surface area contributed by atoms with Crippen molar-refractivity contribution in [3.05, 3.63) is 64.1 Å². The minimum atomic E-state index is -0.988. The molecule has 0 saturated carbocycles. The zero-order chi connectivity index (χ0) is 24.1. The quantitative estimate of drug-likeness (QED) is 0.601. The number of ether oxygens (including phenoxy) is 2. The Kier molecular flexibility index (Phi) is 7.99. The zero-order valence-electron chi connectivity index (χ0n) is 19.2. The first-order chi connectivity index (χ1) is 16.3. The van der Waals surface area contributed by atoms with Gasteiger partial charge in [-0.3, -0.25) is 9.59 Å². The Morgan fingerprint density at radius 2 is 1.76 bits per heavy atom. The van der Waals surface area contributed by atoms with Crippen molar-refractivity contribution in [3.8, 4) is 5.75 Å². The second-order valence-electron chi connectivity index (χ2n) is 8.84. The van der Waals surface area contributed by atoms with E-state index in [2.05, 4.69) is 4.90 Å². The molecule has 2 heterocycles. The summed E-state index contributed by atoms with van der Waals surface area (Å²) in [6.07, 6.45) is 0.115. The van der Waals surface area contributed by atoms with Crippen molar-refractivity contribution in [1.82, 2.24) is 14.7 Å². The van der Waals surface area contributed by atoms with Gasteiger partial charge in [-0.25, -0.2) is 0 Å². The van der Waals surface area contributed by atoms with Crippen LogP contribution in [0.3, 0.4) is 0 Å². The minimum Gasteiger partial charge on any atom is -0.490 e. The number of amides is 2. The summed E-state index contributed by atoms with van der Waals surface area (Å²) in [4.78, 5) is 32.3. The molecular formula is C25H29Cl2N3O4. The van der Waals surface area contributed by atoms with Crippen LogP contribution in [-0.2, 0) is 9.53 Å². The number of likely N-dealkylation sites (N-methyl/N-ethyl adjacent to an activating group) is 1. The molecule has 2 aliphatic rings. The number of hydrogen-bond acceptors (Lipinski definition) is 5. The Labute approximate surface area is 210 Å². The molecule has 2 aliphatic heterocycles. The fourth-order valence-electron chi connectivity index (χ4n) is 4.28. The van der Waals surface area contributed by atoms with Crippen LogP contribution in [0.5, 0.6) is 5.75 Å². The van der Waals surface area contributed by atoms with Gasteiger partial charge in [-0.05, 0) is 37.4 Å². The van der Waals surface area contributed by atoms with Crippen LogP contribution in [0.2, 0.25) is 10.0 Å². The molecule has 34 heavy (non-hydrogen) atoms. The number of piperazine rings is 1. The highest BCUT2D eigenvalue weighted by atomic mass is 35.5. The van der Waals surface area contributed by atoms with E-state index >= 15 is 0 Å². The van der Waals surface area contributed by atoms with Gasteiger partial charge in [-0.2, -0.15) is 0 Å². The van der Waals surface area contributed by atoms with Gasteiger partial charge in [-0.1, -0.05) is 41.4 Å². The van der Waals surface area contributed by atoms with Crippen LogP contribution >= 0.6 is 23.2 Å². The average Bonchev–Trinajstić information content (AvgIpc) is 2.83. The van der Waals surface area contributed by atoms with Crippen LogP contribution in [0.25, 0.3) is 0 Å². The lowest BCUT2D eigenvalue weighted by Crippen LogP contribution is -2.59. The maximum atomic E-state index is 13.3. The van der Waals surface area contributed by atoms with Crippen molar-refractivity contribution in [2.24, 2.45) is 0 Å². The van der Waals surface area contributed by atoms with Crippen LogP contribution in [0, 0.1) is 0 Å². The Morgan fingerprint density at radius 1 is 1.00 bits per heavy atom. The summed E-state index contributed by atoms with van der Waals surface area (Å²) in [6.45, 7) is 4.03. The molecule has 1 unspecified atom stereocenters. The van der Waals surface area contributed by atoms with E-state index in [4.69, 9.17) is 32.7 Å². The van der Waals surface area contributed by atoms with Gasteiger partial charge in [0.15, 0.2) is 0 Å². The summed E-state index contributed by atoms with van der Waals surface area (Å²) in [5.74, 6) is 0.389. The molecule has 2 fully saturated rings. The summed E-state index contributed by atoms with van der Waals surface area (Å²) >= 11 is 12.4. The molecule has 9 heteroatoms. The maximum Gasteiger partial charge on any atom is 0.255 e. The molecular weight excluding hydrogens is 477 g/mol. The molecule has 1 atom stereocenters. The second-order valence-corrected chi connectivity index (χ2v) is 9.69. The Morgan fingerprint density at radius 3 is 2.50 bits per heavy atom. The Balaban J connectivity index is 1.54. The number of rotatable bonds is 6. The monoisotopic (exact) mass is 505 g/mol. The number of carbonyl (C=O) groups excluding carboxylic acids is 2. The molecule has 0 spiro atoms. The van der Waals surface area contributed by atoms with Crippen molar-refractivity contribution in [1.29, 1.82) is 0 Å². The highest BCUT2D eigenvalue weighted by Gasteiger charge is 2.43. The van der Waals surface area contributed by atoms with E-state index in [0.717, 1.165) is 13.1 Å². The molecule has 2 aromatic rings. The molecule has 0 bridgehead atoms. The summed E-state index contributed by atoms with van der Waals surface area (Å²) in [7, 11) is 2.05. The fraction of sp³-hybridized carbons (Fsp3) is 0.440. The number of nitrogens with zero attached hydrogens (tertiary/aromatic N) is 3. The number of halogens is 2. The van der Waals surface area contributed by atoms with E-state index in [1.54, 1.807) is 53.4 Å². The molecule has 0 aliphatic carbocycles. The summed E-state index contributed by atoms with van der Waals surface area (Å²) in [5, 5.41) is 0.952. The normalized spacial score (nSPS) is 21.4. The smallest absolute Gasteiger partial charge is 0.255 e. The molecule has 2 saturated heterocycles. The van der Waals surface area contributed by atoms with E-state index in [0.29, 0.717) is 47.6 Å². The lowest BCUT2D eigenvalue weighted by Gasteiger charge is -2.43. The molecule has 4 rings (SSSR count). The number of benzene rings is 2. The van der Waals surface area contributed by atoms with Crippen molar-refractivity contribution in [2.75, 3.05) is 59.5 Å². The minimum absolute atomic E-state index is 0.00478. The van der Waals surface area contributed by atoms with Crippen LogP contribution in [0.4, 0.5) is 0 Å². The molecule has 2 amide bonds. The van der Waals surface area contributed by atoms with E-state index in [9.17, 15) is 9.59 Å². The first-order valence-electron chi connectivity index (χ1n) is 11.4. The largest absolute Gasteiger partial charge is 0.490 e. The first-order valence-corrected chi connectivity index (χ1v) is 12.1. The third-order valence-corrected chi connectivity index (χ3v) is 6.83. The zero-order valence-corrected chi connectivity index (χ0v) is 20.7. The summed E-state index contributed by atoms with van der Waals surface area (Å²) < 4.78 is 12.2. The number of carbonyl (C=O) groups is 2. The lowest BCUT2D eigenvalue weighted by atomic mass is 9.96. The molecule has 182 valence electrons. The van der Waals surface area contributed by atoms with Gasteiger partial charge in [0.2, 0.25) is 5.91 Å². The van der Waals surface area contributed by atoms with Gasteiger partial charge in [0, 0.05) is 37.7 Å². The molecule has 0 radical (unpaired) electrons. The van der Waals surface area contributed by atoms with Gasteiger partial charge in [0.05, 0.1) is 30.2 Å². The van der Waals surface area contributed by atoms with Gasteiger partial charge >= 0.3 is 0 Å². The fourth-order valence-corrected chi connectivity index (χ4v) is 4.68. The van der Waals surface area contributed by atoms with E-state index in [-0.39, 0.29) is 31.4 Å². The van der Waals surface area contributed by atoms with E-state index in [1.165, 1.54) is 0 Å². The highest BCUT2D eigenvalue weighted by molar-refractivity contribution is 6.33. The molecule has 7 nitrogen and oxygen atoms in total. The number of morpholine rings is 1. The topological polar surface area (TPSA) is 62.3 Å².